The number of phosphoric acid groups is 1. The Morgan fingerprint density at radius 3 is 1.35 bits per heavy atom. The second kappa shape index (κ2) is 53.1. The zero-order valence-corrected chi connectivity index (χ0v) is 49.2. The smallest absolute Gasteiger partial charge is 0.456 e. The van der Waals surface area contributed by atoms with Crippen LogP contribution < -0.4 is 5.32 Å². The van der Waals surface area contributed by atoms with Crippen molar-refractivity contribution < 1.29 is 37.3 Å². The molecule has 0 saturated heterocycles. The molecule has 424 valence electrons. The first-order valence-electron chi connectivity index (χ1n) is 29.7. The zero-order valence-electron chi connectivity index (χ0n) is 48.3. The summed E-state index contributed by atoms with van der Waals surface area (Å²) in [7, 11) is 1.44. The summed E-state index contributed by atoms with van der Waals surface area (Å²) in [5, 5.41) is 3.01. The molecule has 9 nitrogen and oxygen atoms in total. The summed E-state index contributed by atoms with van der Waals surface area (Å²) >= 11 is 0. The Morgan fingerprint density at radius 2 is 0.878 bits per heavy atom. The first-order valence-corrected chi connectivity index (χ1v) is 31.2. The first kappa shape index (κ1) is 70.7. The van der Waals surface area contributed by atoms with E-state index in [1.165, 1.54) is 77.0 Å². The molecule has 3 atom stereocenters. The van der Waals surface area contributed by atoms with E-state index in [4.69, 9.17) is 13.8 Å². The van der Waals surface area contributed by atoms with Crippen LogP contribution in [0.3, 0.4) is 0 Å². The second-order valence-corrected chi connectivity index (χ2v) is 22.2. The lowest BCUT2D eigenvalue weighted by atomic mass is 10.1. The van der Waals surface area contributed by atoms with E-state index >= 15 is 0 Å². The van der Waals surface area contributed by atoms with Crippen molar-refractivity contribution in [3.8, 4) is 0 Å². The lowest BCUT2D eigenvalue weighted by Gasteiger charge is -2.27. The predicted molar refractivity (Wildman–Crippen MR) is 318 cm³/mol. The van der Waals surface area contributed by atoms with Gasteiger partial charge in [-0.15, -0.1) is 0 Å². The molecule has 2 N–H and O–H groups in total. The van der Waals surface area contributed by atoms with Crippen molar-refractivity contribution in [3.05, 3.63) is 109 Å². The summed E-state index contributed by atoms with van der Waals surface area (Å²) in [4.78, 5) is 37.6. The van der Waals surface area contributed by atoms with Crippen LogP contribution in [0.2, 0.25) is 0 Å². The fraction of sp³-hybridized carbons (Fsp3) is 0.688. The highest BCUT2D eigenvalue weighted by atomic mass is 31.2. The largest absolute Gasteiger partial charge is 0.472 e. The fourth-order valence-corrected chi connectivity index (χ4v) is 8.60. The number of amides is 1. The van der Waals surface area contributed by atoms with Gasteiger partial charge in [0.1, 0.15) is 19.3 Å². The average molecular weight is 1050 g/mol. The molecule has 0 spiro atoms. The van der Waals surface area contributed by atoms with Crippen molar-refractivity contribution in [2.75, 3.05) is 40.9 Å². The van der Waals surface area contributed by atoms with E-state index in [2.05, 4.69) is 123 Å². The van der Waals surface area contributed by atoms with Gasteiger partial charge in [-0.1, -0.05) is 220 Å². The maximum Gasteiger partial charge on any atom is 0.472 e. The highest BCUT2D eigenvalue weighted by molar-refractivity contribution is 7.47. The fourth-order valence-electron chi connectivity index (χ4n) is 7.86. The molecule has 10 heteroatoms. The highest BCUT2D eigenvalue weighted by Gasteiger charge is 2.30. The molecule has 0 saturated carbocycles. The van der Waals surface area contributed by atoms with Gasteiger partial charge < -0.3 is 19.4 Å². The van der Waals surface area contributed by atoms with Crippen LogP contribution >= 0.6 is 7.82 Å². The highest BCUT2D eigenvalue weighted by Crippen LogP contribution is 2.43. The molecule has 0 radical (unpaired) electrons. The third-order valence-electron chi connectivity index (χ3n) is 12.4. The Hall–Kier alpha value is -3.33. The van der Waals surface area contributed by atoms with Crippen molar-refractivity contribution in [2.45, 2.75) is 245 Å². The molecule has 0 aromatic carbocycles. The van der Waals surface area contributed by atoms with Crippen molar-refractivity contribution in [3.63, 3.8) is 0 Å². The van der Waals surface area contributed by atoms with Gasteiger partial charge >= 0.3 is 13.8 Å². The van der Waals surface area contributed by atoms with Crippen molar-refractivity contribution in [1.82, 2.24) is 5.32 Å². The molecule has 0 rings (SSSR count). The van der Waals surface area contributed by atoms with E-state index in [1.807, 2.05) is 33.3 Å². The van der Waals surface area contributed by atoms with Crippen molar-refractivity contribution >= 4 is 19.7 Å². The van der Waals surface area contributed by atoms with Crippen LogP contribution in [0.1, 0.15) is 233 Å². The van der Waals surface area contributed by atoms with Crippen LogP contribution in [0, 0.1) is 0 Å². The summed E-state index contributed by atoms with van der Waals surface area (Å²) in [6.07, 6.45) is 72.3. The van der Waals surface area contributed by atoms with E-state index in [0.29, 0.717) is 23.9 Å². The summed E-state index contributed by atoms with van der Waals surface area (Å²) in [6, 6.07) is -0.890. The lowest BCUT2D eigenvalue weighted by Crippen LogP contribution is -2.47. The molecule has 0 heterocycles. The summed E-state index contributed by atoms with van der Waals surface area (Å²) in [5.74, 6) is -0.595. The van der Waals surface area contributed by atoms with E-state index in [9.17, 15) is 19.0 Å². The number of rotatable bonds is 52. The van der Waals surface area contributed by atoms with Crippen LogP contribution in [0.4, 0.5) is 0 Å². The lowest BCUT2D eigenvalue weighted by molar-refractivity contribution is -0.870. The number of quaternary nitrogens is 1. The number of hydrogen-bond acceptors (Lipinski definition) is 6. The zero-order chi connectivity index (χ0) is 54.3. The Labute approximate surface area is 455 Å². The number of phosphoric ester groups is 1. The number of hydrogen-bond donors (Lipinski definition) is 2. The molecule has 1 amide bonds. The number of allylic oxidation sites excluding steroid dienone is 17. The summed E-state index contributed by atoms with van der Waals surface area (Å²) in [5.41, 5.74) is 0. The Bertz CT molecular complexity index is 1640. The number of unbranched alkanes of at least 4 members (excludes halogenated alkanes) is 20. The number of carbonyl (C=O) groups excluding carboxylic acids is 2. The van der Waals surface area contributed by atoms with Gasteiger partial charge in [0.15, 0.2) is 0 Å². The molecule has 0 fully saturated rings. The standard InChI is InChI=1S/C64H111N2O7P/c1-7-10-13-16-19-22-25-28-30-32-33-35-37-39-42-45-48-51-54-57-64(68)73-62(55-52-49-46-43-40-27-24-21-18-15-12-9-3)61(60-72-74(69,70)71-59-58-66(4,5)6)65-63(67)56-53-50-47-44-41-38-36-34-31-29-26-23-20-17-14-11-8-2/h11,14,19-20,22-23,28-31,33,35-36,38,44,47,52,55,61-62H,7-10,12-13,15-18,21,24-27,32,34,37,39-43,45-46,48-51,53-54,56-60H2,1-6H3,(H-,65,67,69,70)/p+1/b14-11-,22-19-,23-20-,30-28-,31-29-,35-33-,38-36-,47-44-,55-52+. The number of nitrogens with zero attached hydrogens (tertiary/aromatic N) is 1. The van der Waals surface area contributed by atoms with Gasteiger partial charge in [-0.25, -0.2) is 4.57 Å². The quantitative estimate of drug-likeness (QED) is 0.0205. The molecule has 0 aromatic rings. The van der Waals surface area contributed by atoms with E-state index in [-0.39, 0.29) is 37.9 Å². The van der Waals surface area contributed by atoms with Gasteiger partial charge in [0, 0.05) is 12.8 Å². The van der Waals surface area contributed by atoms with Gasteiger partial charge in [0.25, 0.3) is 0 Å². The minimum atomic E-state index is -4.47. The van der Waals surface area contributed by atoms with Gasteiger partial charge in [-0.2, -0.15) is 0 Å². The molecule has 0 aliphatic heterocycles. The van der Waals surface area contributed by atoms with Gasteiger partial charge in [-0.3, -0.25) is 18.6 Å². The normalized spacial score (nSPS) is 14.5. The van der Waals surface area contributed by atoms with E-state index in [1.54, 1.807) is 0 Å². The van der Waals surface area contributed by atoms with Crippen LogP contribution in [0.15, 0.2) is 109 Å². The third kappa shape index (κ3) is 53.5. The molecular formula is C64H112N2O7P+. The summed E-state index contributed by atoms with van der Waals surface area (Å²) < 4.78 is 30.6. The molecule has 0 bridgehead atoms. The van der Waals surface area contributed by atoms with Crippen molar-refractivity contribution in [2.24, 2.45) is 0 Å². The Morgan fingerprint density at radius 1 is 0.486 bits per heavy atom. The maximum absolute atomic E-state index is 13.5. The van der Waals surface area contributed by atoms with Crippen LogP contribution in [0.5, 0.6) is 0 Å². The molecule has 3 unspecified atom stereocenters. The Balaban J connectivity index is 5.43. The molecule has 0 aliphatic carbocycles. The topological polar surface area (TPSA) is 111 Å². The number of likely N-dealkylation sites (N-methyl/N-ethyl adjacent to an activating group) is 1. The minimum absolute atomic E-state index is 0.0217. The van der Waals surface area contributed by atoms with Gasteiger partial charge in [-0.05, 0) is 109 Å². The van der Waals surface area contributed by atoms with E-state index in [0.717, 1.165) is 109 Å². The molecular weight excluding hydrogens is 940 g/mol. The minimum Gasteiger partial charge on any atom is -0.456 e. The van der Waals surface area contributed by atoms with E-state index < -0.39 is 20.0 Å². The number of nitrogens with one attached hydrogen (secondary N) is 1. The number of carbonyl (C=O) groups is 2. The molecule has 0 aromatic heterocycles. The third-order valence-corrected chi connectivity index (χ3v) is 13.4. The van der Waals surface area contributed by atoms with Gasteiger partial charge in [0.05, 0.1) is 33.8 Å². The maximum atomic E-state index is 13.5. The summed E-state index contributed by atoms with van der Waals surface area (Å²) in [6.45, 7) is 6.80. The monoisotopic (exact) mass is 1050 g/mol. The van der Waals surface area contributed by atoms with Gasteiger partial charge in [0.2, 0.25) is 5.91 Å². The Kier molecular flexibility index (Phi) is 50.7. The van der Waals surface area contributed by atoms with Crippen molar-refractivity contribution in [1.29, 1.82) is 0 Å². The first-order chi connectivity index (χ1) is 35.9. The number of ether oxygens (including phenoxy) is 1. The average Bonchev–Trinajstić information content (AvgIpc) is 3.36. The molecule has 74 heavy (non-hydrogen) atoms. The SMILES string of the molecule is CC/C=C\C/C=C\C/C=C\C/C=C\C/C=C\CCCC(=O)NC(COP(=O)(O)OCC[N+](C)(C)C)C(/C=C/CCCCCCCCCCCC)OC(=O)CCCCCCCC/C=C\C/C=C\C/C=C\CCCCC. The second-order valence-electron chi connectivity index (χ2n) is 20.8. The van der Waals surface area contributed by atoms with Crippen LogP contribution in [0.25, 0.3) is 0 Å². The molecule has 0 aliphatic rings. The van der Waals surface area contributed by atoms with Crippen LogP contribution in [-0.4, -0.2) is 74.3 Å². The predicted octanol–water partition coefficient (Wildman–Crippen LogP) is 18.2. The van der Waals surface area contributed by atoms with Crippen LogP contribution in [-0.2, 0) is 27.9 Å². The number of esters is 1.